The molecule has 0 radical (unpaired) electrons. The summed E-state index contributed by atoms with van der Waals surface area (Å²) < 4.78 is 5.25. The van der Waals surface area contributed by atoms with E-state index < -0.39 is 4.92 Å². The van der Waals surface area contributed by atoms with Gasteiger partial charge in [0.15, 0.2) is 5.69 Å². The van der Waals surface area contributed by atoms with Crippen molar-refractivity contribution in [2.24, 2.45) is 0 Å². The normalized spacial score (nSPS) is 24.6. The number of hydrogen-bond acceptors (Lipinski definition) is 6. The molecule has 2 heterocycles. The van der Waals surface area contributed by atoms with Crippen LogP contribution in [0.2, 0.25) is 0 Å². The van der Waals surface area contributed by atoms with Crippen LogP contribution in [0.1, 0.15) is 0 Å². The van der Waals surface area contributed by atoms with Crippen LogP contribution in [-0.2, 0) is 4.74 Å². The van der Waals surface area contributed by atoms with Gasteiger partial charge >= 0.3 is 5.82 Å². The first-order valence-electron chi connectivity index (χ1n) is 4.90. The van der Waals surface area contributed by atoms with Gasteiger partial charge in [-0.25, -0.2) is 0 Å². The number of nitrogens with zero attached hydrogens (tertiary/aromatic N) is 2. The van der Waals surface area contributed by atoms with Crippen molar-refractivity contribution >= 4 is 11.5 Å². The van der Waals surface area contributed by atoms with Gasteiger partial charge in [-0.1, -0.05) is 5.10 Å². The summed E-state index contributed by atoms with van der Waals surface area (Å²) in [5.41, 5.74) is 0.390. The lowest BCUT2D eigenvalue weighted by Crippen LogP contribution is -2.33. The summed E-state index contributed by atoms with van der Waals surface area (Å²) in [6, 6.07) is 0.0151. The summed E-state index contributed by atoms with van der Waals surface area (Å²) >= 11 is 0. The monoisotopic (exact) mass is 227 g/mol. The molecule has 8 heteroatoms. The van der Waals surface area contributed by atoms with E-state index in [-0.39, 0.29) is 18.0 Å². The maximum Gasteiger partial charge on any atom is 0.366 e. The molecular formula is C8H13N5O3. The Kier molecular flexibility index (Phi) is 3.02. The molecule has 1 aliphatic rings. The summed E-state index contributed by atoms with van der Waals surface area (Å²) in [4.78, 5) is 10.2. The highest BCUT2D eigenvalue weighted by Crippen LogP contribution is 2.22. The standard InChI is InChI=1S/C8H13N5O3/c1-16-7-4-9-2-5(7)11-6-3-10-12-8(6)13(14)15/h3,5,7,9,11H,2,4H2,1H3,(H,10,12)/t5?,7-/m0/s1. The van der Waals surface area contributed by atoms with Crippen molar-refractivity contribution < 1.29 is 9.66 Å². The second-order valence-corrected chi connectivity index (χ2v) is 3.57. The van der Waals surface area contributed by atoms with Gasteiger partial charge in [-0.15, -0.1) is 5.10 Å². The maximum absolute atomic E-state index is 10.7. The Labute approximate surface area is 91.5 Å². The molecule has 0 aromatic carbocycles. The van der Waals surface area contributed by atoms with E-state index in [0.717, 1.165) is 6.54 Å². The van der Waals surface area contributed by atoms with Crippen molar-refractivity contribution in [3.05, 3.63) is 16.3 Å². The fourth-order valence-electron chi connectivity index (χ4n) is 1.77. The van der Waals surface area contributed by atoms with Gasteiger partial charge in [-0.05, 0) is 4.92 Å². The zero-order valence-electron chi connectivity index (χ0n) is 8.77. The quantitative estimate of drug-likeness (QED) is 0.482. The van der Waals surface area contributed by atoms with Crippen molar-refractivity contribution in [3.63, 3.8) is 0 Å². The third kappa shape index (κ3) is 1.97. The van der Waals surface area contributed by atoms with E-state index in [1.807, 2.05) is 0 Å². The third-order valence-electron chi connectivity index (χ3n) is 2.60. The van der Waals surface area contributed by atoms with Crippen molar-refractivity contribution in [1.82, 2.24) is 15.5 Å². The molecule has 0 saturated carbocycles. The number of rotatable bonds is 4. The van der Waals surface area contributed by atoms with Crippen molar-refractivity contribution in [2.45, 2.75) is 12.1 Å². The lowest BCUT2D eigenvalue weighted by molar-refractivity contribution is -0.388. The van der Waals surface area contributed by atoms with Crippen LogP contribution < -0.4 is 10.6 Å². The molecule has 8 nitrogen and oxygen atoms in total. The molecule has 1 fully saturated rings. The lowest BCUT2D eigenvalue weighted by atomic mass is 10.2. The number of nitro groups is 1. The topological polar surface area (TPSA) is 105 Å². The van der Waals surface area contributed by atoms with Crippen molar-refractivity contribution in [3.8, 4) is 0 Å². The molecular weight excluding hydrogens is 214 g/mol. The SMILES string of the molecule is CO[C@H]1CNCC1Nc1cn[nH]c1[N+](=O)[O-]. The van der Waals surface area contributed by atoms with Gasteiger partial charge < -0.3 is 25.5 Å². The Morgan fingerprint density at radius 3 is 3.19 bits per heavy atom. The Balaban J connectivity index is 2.08. The molecule has 88 valence electrons. The Bertz CT molecular complexity index is 380. The highest BCUT2D eigenvalue weighted by molar-refractivity contribution is 5.56. The van der Waals surface area contributed by atoms with Crippen LogP contribution in [0.5, 0.6) is 0 Å². The van der Waals surface area contributed by atoms with Crippen LogP contribution in [0.25, 0.3) is 0 Å². The number of aromatic amines is 1. The van der Waals surface area contributed by atoms with E-state index in [0.29, 0.717) is 12.2 Å². The van der Waals surface area contributed by atoms with Gasteiger partial charge in [0, 0.05) is 20.2 Å². The largest absolute Gasteiger partial charge is 0.378 e. The van der Waals surface area contributed by atoms with Crippen molar-refractivity contribution in [2.75, 3.05) is 25.5 Å². The van der Waals surface area contributed by atoms with Gasteiger partial charge in [-0.2, -0.15) is 0 Å². The van der Waals surface area contributed by atoms with Gasteiger partial charge in [0.2, 0.25) is 0 Å². The molecule has 2 atom stereocenters. The third-order valence-corrected chi connectivity index (χ3v) is 2.60. The fourth-order valence-corrected chi connectivity index (χ4v) is 1.77. The minimum Gasteiger partial charge on any atom is -0.378 e. The summed E-state index contributed by atoms with van der Waals surface area (Å²) in [7, 11) is 1.62. The second-order valence-electron chi connectivity index (χ2n) is 3.57. The minimum atomic E-state index is -0.500. The minimum absolute atomic E-state index is 0.00880. The highest BCUT2D eigenvalue weighted by atomic mass is 16.6. The molecule has 1 saturated heterocycles. The molecule has 3 N–H and O–H groups in total. The van der Waals surface area contributed by atoms with Crippen molar-refractivity contribution in [1.29, 1.82) is 0 Å². The van der Waals surface area contributed by atoms with Gasteiger partial charge in [0.1, 0.15) is 6.20 Å². The van der Waals surface area contributed by atoms with E-state index in [2.05, 4.69) is 20.8 Å². The first kappa shape index (κ1) is 10.8. The first-order valence-corrected chi connectivity index (χ1v) is 4.90. The lowest BCUT2D eigenvalue weighted by Gasteiger charge is -2.18. The number of nitrogens with one attached hydrogen (secondary N) is 3. The van der Waals surface area contributed by atoms with Crippen LogP contribution in [0.4, 0.5) is 11.5 Å². The molecule has 1 unspecified atom stereocenters. The molecule has 1 aromatic heterocycles. The zero-order valence-corrected chi connectivity index (χ0v) is 8.77. The fraction of sp³-hybridized carbons (Fsp3) is 0.625. The van der Waals surface area contributed by atoms with Crippen LogP contribution >= 0.6 is 0 Å². The number of H-pyrrole nitrogens is 1. The summed E-state index contributed by atoms with van der Waals surface area (Å²) in [6.45, 7) is 1.45. The van der Waals surface area contributed by atoms with Crippen LogP contribution in [0.3, 0.4) is 0 Å². The molecule has 1 aromatic rings. The average molecular weight is 227 g/mol. The molecule has 2 rings (SSSR count). The summed E-state index contributed by atoms with van der Waals surface area (Å²) in [5.74, 6) is -0.123. The smallest absolute Gasteiger partial charge is 0.366 e. The number of aromatic nitrogens is 2. The number of methoxy groups -OCH3 is 1. The van der Waals surface area contributed by atoms with E-state index in [4.69, 9.17) is 4.74 Å². The Morgan fingerprint density at radius 1 is 1.69 bits per heavy atom. The van der Waals surface area contributed by atoms with Crippen LogP contribution in [0.15, 0.2) is 6.20 Å². The number of ether oxygens (including phenoxy) is 1. The van der Waals surface area contributed by atoms with E-state index >= 15 is 0 Å². The maximum atomic E-state index is 10.7. The number of hydrogen-bond donors (Lipinski definition) is 3. The highest BCUT2D eigenvalue weighted by Gasteiger charge is 2.29. The van der Waals surface area contributed by atoms with Gasteiger partial charge in [-0.3, -0.25) is 0 Å². The molecule has 1 aliphatic heterocycles. The number of anilines is 1. The zero-order chi connectivity index (χ0) is 11.5. The molecule has 16 heavy (non-hydrogen) atoms. The molecule has 0 spiro atoms. The van der Waals surface area contributed by atoms with E-state index in [9.17, 15) is 10.1 Å². The second kappa shape index (κ2) is 4.45. The van der Waals surface area contributed by atoms with Gasteiger partial charge in [0.05, 0.1) is 12.1 Å². The summed E-state index contributed by atoms with van der Waals surface area (Å²) in [6.07, 6.45) is 1.41. The first-order chi connectivity index (χ1) is 7.72. The molecule has 0 amide bonds. The van der Waals surface area contributed by atoms with Gasteiger partial charge in [0.25, 0.3) is 0 Å². The Hall–Kier alpha value is -1.67. The molecule has 0 bridgehead atoms. The van der Waals surface area contributed by atoms with E-state index in [1.165, 1.54) is 6.20 Å². The predicted molar refractivity (Wildman–Crippen MR) is 56.3 cm³/mol. The van der Waals surface area contributed by atoms with Crippen LogP contribution in [-0.4, -0.2) is 47.5 Å². The average Bonchev–Trinajstić information content (AvgIpc) is 2.86. The summed E-state index contributed by atoms with van der Waals surface area (Å²) in [5, 5.41) is 22.8. The van der Waals surface area contributed by atoms with Crippen LogP contribution in [0, 0.1) is 10.1 Å². The van der Waals surface area contributed by atoms with E-state index in [1.54, 1.807) is 7.11 Å². The Morgan fingerprint density at radius 2 is 2.50 bits per heavy atom. The predicted octanol–water partition coefficient (Wildman–Crippen LogP) is -0.283. The molecule has 0 aliphatic carbocycles.